The maximum absolute atomic E-state index is 2.36. The molecule has 1 atom stereocenters. The van der Waals surface area contributed by atoms with Crippen LogP contribution in [0.25, 0.3) is 6.08 Å². The van der Waals surface area contributed by atoms with E-state index >= 15 is 0 Å². The minimum absolute atomic E-state index is 0.123. The fourth-order valence-electron chi connectivity index (χ4n) is 2.38. The van der Waals surface area contributed by atoms with Crippen molar-refractivity contribution < 1.29 is 0 Å². The molecule has 1 unspecified atom stereocenters. The van der Waals surface area contributed by atoms with Crippen LogP contribution in [-0.4, -0.2) is 0 Å². The van der Waals surface area contributed by atoms with Gasteiger partial charge in [0.05, 0.1) is 0 Å². The monoisotopic (exact) mass is 238 g/mol. The summed E-state index contributed by atoms with van der Waals surface area (Å²) in [4.78, 5) is 0. The predicted molar refractivity (Wildman–Crippen MR) is 80.3 cm³/mol. The molecule has 1 aromatic carbocycles. The van der Waals surface area contributed by atoms with Crippen LogP contribution in [0.3, 0.4) is 0 Å². The van der Waals surface area contributed by atoms with Crippen LogP contribution < -0.4 is 0 Å². The zero-order valence-corrected chi connectivity index (χ0v) is 11.6. The lowest BCUT2D eigenvalue weighted by atomic mass is 9.63. The molecule has 0 fully saturated rings. The van der Waals surface area contributed by atoms with E-state index in [1.807, 2.05) is 0 Å². The van der Waals surface area contributed by atoms with Gasteiger partial charge in [0.25, 0.3) is 0 Å². The van der Waals surface area contributed by atoms with E-state index in [9.17, 15) is 0 Å². The van der Waals surface area contributed by atoms with Crippen molar-refractivity contribution in [3.05, 3.63) is 66.3 Å². The summed E-state index contributed by atoms with van der Waals surface area (Å²) in [5.41, 5.74) is 1.61. The molecule has 0 N–H and O–H groups in total. The van der Waals surface area contributed by atoms with Gasteiger partial charge in [0.1, 0.15) is 0 Å². The summed E-state index contributed by atoms with van der Waals surface area (Å²) in [7, 11) is 0. The van der Waals surface area contributed by atoms with Crippen LogP contribution >= 0.6 is 0 Å². The third-order valence-corrected chi connectivity index (χ3v) is 3.87. The van der Waals surface area contributed by atoms with Gasteiger partial charge in [-0.25, -0.2) is 0 Å². The lowest BCUT2D eigenvalue weighted by Gasteiger charge is -2.41. The predicted octanol–water partition coefficient (Wildman–Crippen LogP) is 5.25. The van der Waals surface area contributed by atoms with Gasteiger partial charge in [0.15, 0.2) is 0 Å². The van der Waals surface area contributed by atoms with Crippen molar-refractivity contribution in [3.8, 4) is 0 Å². The zero-order valence-electron chi connectivity index (χ0n) is 11.6. The molecule has 1 aliphatic carbocycles. The van der Waals surface area contributed by atoms with Gasteiger partial charge in [-0.05, 0) is 17.4 Å². The fourth-order valence-corrected chi connectivity index (χ4v) is 2.38. The van der Waals surface area contributed by atoms with Crippen molar-refractivity contribution in [3.63, 3.8) is 0 Å². The fraction of sp³-hybridized carbons (Fsp3) is 0.333. The standard InChI is InChI=1S/C18H22/c1-17(2,3)18(13-8-5-9-14-18)15-12-16-10-6-4-7-11-16/h4-13,15H,14H2,1-3H3. The summed E-state index contributed by atoms with van der Waals surface area (Å²) in [6, 6.07) is 10.5. The molecule has 0 spiro atoms. The number of allylic oxidation sites excluding steroid dienone is 5. The molecule has 1 aliphatic rings. The van der Waals surface area contributed by atoms with Crippen molar-refractivity contribution in [2.24, 2.45) is 10.8 Å². The van der Waals surface area contributed by atoms with Crippen LogP contribution in [0.4, 0.5) is 0 Å². The Labute approximate surface area is 111 Å². The molecule has 2 rings (SSSR count). The summed E-state index contributed by atoms with van der Waals surface area (Å²) < 4.78 is 0. The van der Waals surface area contributed by atoms with Gasteiger partial charge >= 0.3 is 0 Å². The van der Waals surface area contributed by atoms with E-state index in [0.717, 1.165) is 6.42 Å². The van der Waals surface area contributed by atoms with E-state index < -0.39 is 0 Å². The van der Waals surface area contributed by atoms with Gasteiger partial charge in [0, 0.05) is 5.41 Å². The first-order valence-corrected chi connectivity index (χ1v) is 6.62. The molecule has 94 valence electrons. The maximum atomic E-state index is 2.36. The first-order valence-electron chi connectivity index (χ1n) is 6.62. The summed E-state index contributed by atoms with van der Waals surface area (Å²) in [6.07, 6.45) is 14.6. The molecule has 0 radical (unpaired) electrons. The highest BCUT2D eigenvalue weighted by Gasteiger charge is 2.36. The van der Waals surface area contributed by atoms with Crippen LogP contribution in [0.2, 0.25) is 0 Å². The van der Waals surface area contributed by atoms with Gasteiger partial charge < -0.3 is 0 Å². The van der Waals surface area contributed by atoms with Gasteiger partial charge in [-0.3, -0.25) is 0 Å². The SMILES string of the molecule is CC(C)(C)C1(C=Cc2ccccc2)C=CC=CC1. The Kier molecular flexibility index (Phi) is 3.56. The normalized spacial score (nSPS) is 23.7. The second-order valence-corrected chi connectivity index (χ2v) is 6.03. The molecule has 0 heteroatoms. The van der Waals surface area contributed by atoms with E-state index in [2.05, 4.69) is 87.6 Å². The Morgan fingerprint density at radius 2 is 1.78 bits per heavy atom. The minimum atomic E-state index is 0.123. The van der Waals surface area contributed by atoms with Crippen molar-refractivity contribution >= 4 is 6.08 Å². The van der Waals surface area contributed by atoms with Gasteiger partial charge in [-0.2, -0.15) is 0 Å². The average Bonchev–Trinajstić information content (AvgIpc) is 2.37. The molecule has 0 aliphatic heterocycles. The average molecular weight is 238 g/mol. The summed E-state index contributed by atoms with van der Waals surface area (Å²) >= 11 is 0. The third kappa shape index (κ3) is 2.64. The first kappa shape index (κ1) is 12.9. The largest absolute Gasteiger partial charge is 0.0833 e. The first-order chi connectivity index (χ1) is 8.54. The lowest BCUT2D eigenvalue weighted by molar-refractivity contribution is 0.206. The second-order valence-electron chi connectivity index (χ2n) is 6.03. The summed E-state index contributed by atoms with van der Waals surface area (Å²) in [5.74, 6) is 0. The van der Waals surface area contributed by atoms with Crippen molar-refractivity contribution in [1.29, 1.82) is 0 Å². The summed E-state index contributed by atoms with van der Waals surface area (Å²) in [5, 5.41) is 0. The second kappa shape index (κ2) is 4.97. The molecular formula is C18H22. The molecule has 18 heavy (non-hydrogen) atoms. The lowest BCUT2D eigenvalue weighted by Crippen LogP contribution is -2.32. The van der Waals surface area contributed by atoms with Gasteiger partial charge in [0.2, 0.25) is 0 Å². The molecule has 0 amide bonds. The van der Waals surface area contributed by atoms with E-state index in [0.29, 0.717) is 0 Å². The topological polar surface area (TPSA) is 0 Å². The Morgan fingerprint density at radius 3 is 2.33 bits per heavy atom. The van der Waals surface area contributed by atoms with Gasteiger partial charge in [-0.15, -0.1) is 0 Å². The molecule has 0 bridgehead atoms. The van der Waals surface area contributed by atoms with Crippen molar-refractivity contribution in [1.82, 2.24) is 0 Å². The molecular weight excluding hydrogens is 216 g/mol. The minimum Gasteiger partial charge on any atom is -0.0833 e. The molecule has 0 aromatic heterocycles. The van der Waals surface area contributed by atoms with E-state index in [-0.39, 0.29) is 10.8 Å². The van der Waals surface area contributed by atoms with E-state index in [1.54, 1.807) is 0 Å². The quantitative estimate of drug-likeness (QED) is 0.660. The van der Waals surface area contributed by atoms with Crippen LogP contribution in [0.1, 0.15) is 32.8 Å². The number of rotatable bonds is 2. The van der Waals surface area contributed by atoms with Crippen LogP contribution in [-0.2, 0) is 0 Å². The Bertz CT molecular complexity index is 469. The highest BCUT2D eigenvalue weighted by molar-refractivity contribution is 5.51. The molecule has 0 saturated heterocycles. The Hall–Kier alpha value is -1.56. The van der Waals surface area contributed by atoms with E-state index in [4.69, 9.17) is 0 Å². The number of hydrogen-bond donors (Lipinski definition) is 0. The molecule has 1 aromatic rings. The number of hydrogen-bond acceptors (Lipinski definition) is 0. The molecule has 0 nitrogen and oxygen atoms in total. The van der Waals surface area contributed by atoms with Crippen LogP contribution in [0.5, 0.6) is 0 Å². The van der Waals surface area contributed by atoms with Crippen LogP contribution in [0, 0.1) is 10.8 Å². The van der Waals surface area contributed by atoms with Crippen molar-refractivity contribution in [2.75, 3.05) is 0 Å². The van der Waals surface area contributed by atoms with Crippen LogP contribution in [0.15, 0.2) is 60.7 Å². The molecule has 0 heterocycles. The third-order valence-electron chi connectivity index (χ3n) is 3.87. The Balaban J connectivity index is 2.30. The summed E-state index contributed by atoms with van der Waals surface area (Å²) in [6.45, 7) is 6.93. The number of benzene rings is 1. The van der Waals surface area contributed by atoms with Gasteiger partial charge in [-0.1, -0.05) is 87.6 Å². The molecule has 0 saturated carbocycles. The highest BCUT2D eigenvalue weighted by atomic mass is 14.4. The van der Waals surface area contributed by atoms with E-state index in [1.165, 1.54) is 5.56 Å². The smallest absolute Gasteiger partial charge is 0.0150 e. The maximum Gasteiger partial charge on any atom is 0.0150 e. The highest BCUT2D eigenvalue weighted by Crippen LogP contribution is 2.46. The zero-order chi connectivity index (χ0) is 13.1. The van der Waals surface area contributed by atoms with Crippen molar-refractivity contribution in [2.45, 2.75) is 27.2 Å². The Morgan fingerprint density at radius 1 is 1.06 bits per heavy atom.